The summed E-state index contributed by atoms with van der Waals surface area (Å²) in [5.41, 5.74) is -0.469. The first kappa shape index (κ1) is 25.2. The first-order valence-corrected chi connectivity index (χ1v) is 10.5. The van der Waals surface area contributed by atoms with Gasteiger partial charge >= 0.3 is 12.1 Å². The van der Waals surface area contributed by atoms with Crippen molar-refractivity contribution in [1.82, 2.24) is 25.2 Å². The van der Waals surface area contributed by atoms with Gasteiger partial charge in [-0.1, -0.05) is 12.1 Å². The number of carboxylic acids is 1. The van der Waals surface area contributed by atoms with Gasteiger partial charge in [-0.2, -0.15) is 18.3 Å². The lowest BCUT2D eigenvalue weighted by Gasteiger charge is -2.19. The number of aliphatic carboxylic acids is 1. The van der Waals surface area contributed by atoms with Crippen LogP contribution in [-0.4, -0.2) is 58.9 Å². The predicted octanol–water partition coefficient (Wildman–Crippen LogP) is 1.29. The molecule has 1 fully saturated rings. The Kier molecular flexibility index (Phi) is 8.23. The Labute approximate surface area is 179 Å². The van der Waals surface area contributed by atoms with Gasteiger partial charge in [0.15, 0.2) is 10.7 Å². The standard InChI is InChI=1S/C14H18N6O4S.C2HF3O2/c21-20(22)11-3-1-2-4-12(11)25(23,24)16-9-13-17-14(19-18-13)10-5-7-15-8-6-10;3-2(4,5)1(6)7/h1-4,10,15-16H,5-9H2,(H,17,18,19);(H,6,7). The van der Waals surface area contributed by atoms with E-state index in [0.717, 1.165) is 32.0 Å². The number of hydrogen-bond acceptors (Lipinski definition) is 8. The van der Waals surface area contributed by atoms with Crippen LogP contribution in [0.4, 0.5) is 18.9 Å². The normalized spacial score (nSPS) is 15.0. The highest BCUT2D eigenvalue weighted by atomic mass is 32.2. The Balaban J connectivity index is 0.000000451. The van der Waals surface area contributed by atoms with Gasteiger partial charge in [0, 0.05) is 12.0 Å². The summed E-state index contributed by atoms with van der Waals surface area (Å²) in [6.07, 6.45) is -3.22. The number of aromatic amines is 1. The van der Waals surface area contributed by atoms with Crippen molar-refractivity contribution in [2.75, 3.05) is 13.1 Å². The average molecular weight is 480 g/mol. The SMILES string of the molecule is O=C(O)C(F)(F)F.O=[N+]([O-])c1ccccc1S(=O)(=O)NCc1nc(C2CCNCC2)n[nH]1. The number of aromatic nitrogens is 3. The third-order valence-corrected chi connectivity index (χ3v) is 5.73. The Bertz CT molecular complexity index is 1050. The van der Waals surface area contributed by atoms with Gasteiger partial charge in [0.1, 0.15) is 5.82 Å². The molecule has 0 spiro atoms. The highest BCUT2D eigenvalue weighted by Crippen LogP contribution is 2.23. The third-order valence-electron chi connectivity index (χ3n) is 4.28. The van der Waals surface area contributed by atoms with E-state index in [1.807, 2.05) is 0 Å². The predicted molar refractivity (Wildman–Crippen MR) is 102 cm³/mol. The van der Waals surface area contributed by atoms with E-state index in [9.17, 15) is 31.7 Å². The van der Waals surface area contributed by atoms with E-state index < -0.39 is 32.8 Å². The van der Waals surface area contributed by atoms with Crippen LogP contribution in [0.15, 0.2) is 29.2 Å². The number of carboxylic acid groups (broad SMARTS) is 1. The molecule has 1 saturated heterocycles. The van der Waals surface area contributed by atoms with Gasteiger partial charge in [0.05, 0.1) is 11.5 Å². The van der Waals surface area contributed by atoms with E-state index in [1.54, 1.807) is 0 Å². The van der Waals surface area contributed by atoms with Gasteiger partial charge < -0.3 is 10.4 Å². The van der Waals surface area contributed by atoms with E-state index in [1.165, 1.54) is 18.2 Å². The van der Waals surface area contributed by atoms with E-state index in [4.69, 9.17) is 9.90 Å². The lowest BCUT2D eigenvalue weighted by Crippen LogP contribution is -2.27. The molecule has 1 aliphatic rings. The molecule has 0 radical (unpaired) electrons. The van der Waals surface area contributed by atoms with Gasteiger partial charge in [-0.05, 0) is 32.0 Å². The highest BCUT2D eigenvalue weighted by Gasteiger charge is 2.38. The maximum Gasteiger partial charge on any atom is 0.490 e. The molecule has 4 N–H and O–H groups in total. The molecule has 16 heteroatoms. The molecule has 12 nitrogen and oxygen atoms in total. The number of nitro benzene ring substituents is 1. The number of benzene rings is 1. The summed E-state index contributed by atoms with van der Waals surface area (Å²) in [4.78, 5) is 23.1. The second-order valence-electron chi connectivity index (χ2n) is 6.52. The van der Waals surface area contributed by atoms with E-state index in [2.05, 4.69) is 25.2 Å². The molecule has 0 bridgehead atoms. The molecule has 0 amide bonds. The fourth-order valence-electron chi connectivity index (χ4n) is 2.73. The number of halogens is 3. The minimum absolute atomic E-state index is 0.119. The number of nitrogens with one attached hydrogen (secondary N) is 3. The van der Waals surface area contributed by atoms with Crippen molar-refractivity contribution in [3.8, 4) is 0 Å². The molecule has 3 rings (SSSR count). The van der Waals surface area contributed by atoms with Gasteiger partial charge in [0.2, 0.25) is 10.0 Å². The topological polar surface area (TPSA) is 180 Å². The van der Waals surface area contributed by atoms with E-state index in [-0.39, 0.29) is 17.4 Å². The molecule has 0 unspecified atom stereocenters. The molecule has 2 heterocycles. The highest BCUT2D eigenvalue weighted by molar-refractivity contribution is 7.89. The number of para-hydroxylation sites is 1. The Morgan fingerprint density at radius 1 is 1.28 bits per heavy atom. The molecule has 2 aromatic rings. The zero-order chi connectivity index (χ0) is 23.9. The lowest BCUT2D eigenvalue weighted by molar-refractivity contribution is -0.387. The number of nitrogens with zero attached hydrogens (tertiary/aromatic N) is 3. The van der Waals surface area contributed by atoms with Crippen LogP contribution < -0.4 is 10.0 Å². The van der Waals surface area contributed by atoms with Crippen LogP contribution in [0.1, 0.15) is 30.4 Å². The molecule has 1 aromatic heterocycles. The minimum Gasteiger partial charge on any atom is -0.475 e. The number of H-pyrrole nitrogens is 1. The number of carbonyl (C=O) groups is 1. The van der Waals surface area contributed by atoms with Gasteiger partial charge in [0.25, 0.3) is 5.69 Å². The van der Waals surface area contributed by atoms with Crippen LogP contribution in [0.2, 0.25) is 0 Å². The third kappa shape index (κ3) is 6.96. The molecule has 1 aliphatic heterocycles. The van der Waals surface area contributed by atoms with Crippen LogP contribution >= 0.6 is 0 Å². The lowest BCUT2D eigenvalue weighted by atomic mass is 9.98. The average Bonchev–Trinajstić information content (AvgIpc) is 3.22. The van der Waals surface area contributed by atoms with Crippen molar-refractivity contribution in [2.45, 2.75) is 36.4 Å². The Morgan fingerprint density at radius 3 is 2.44 bits per heavy atom. The Morgan fingerprint density at radius 2 is 1.88 bits per heavy atom. The Hall–Kier alpha value is -3.11. The molecule has 176 valence electrons. The minimum atomic E-state index is -5.08. The summed E-state index contributed by atoms with van der Waals surface area (Å²) >= 11 is 0. The van der Waals surface area contributed by atoms with Crippen LogP contribution in [0.3, 0.4) is 0 Å². The number of alkyl halides is 3. The zero-order valence-corrected chi connectivity index (χ0v) is 17.1. The quantitative estimate of drug-likeness (QED) is 0.350. The van der Waals surface area contributed by atoms with E-state index >= 15 is 0 Å². The summed E-state index contributed by atoms with van der Waals surface area (Å²) < 4.78 is 58.8. The van der Waals surface area contributed by atoms with Crippen molar-refractivity contribution < 1.29 is 36.4 Å². The number of piperidine rings is 1. The first-order chi connectivity index (χ1) is 14.9. The monoisotopic (exact) mass is 480 g/mol. The van der Waals surface area contributed by atoms with Crippen LogP contribution in [0.25, 0.3) is 0 Å². The second kappa shape index (κ2) is 10.5. The molecular formula is C16H19F3N6O6S. The van der Waals surface area contributed by atoms with Crippen molar-refractivity contribution in [2.24, 2.45) is 0 Å². The van der Waals surface area contributed by atoms with Crippen molar-refractivity contribution >= 4 is 21.7 Å². The smallest absolute Gasteiger partial charge is 0.475 e. The van der Waals surface area contributed by atoms with Crippen molar-refractivity contribution in [3.05, 3.63) is 46.0 Å². The van der Waals surface area contributed by atoms with Crippen molar-refractivity contribution in [1.29, 1.82) is 0 Å². The largest absolute Gasteiger partial charge is 0.490 e. The molecule has 0 aliphatic carbocycles. The number of nitro groups is 1. The van der Waals surface area contributed by atoms with Gasteiger partial charge in [-0.25, -0.2) is 22.9 Å². The molecule has 32 heavy (non-hydrogen) atoms. The zero-order valence-electron chi connectivity index (χ0n) is 16.3. The van der Waals surface area contributed by atoms with Crippen LogP contribution in [0, 0.1) is 10.1 Å². The summed E-state index contributed by atoms with van der Waals surface area (Å²) in [5.74, 6) is -1.47. The summed E-state index contributed by atoms with van der Waals surface area (Å²) in [7, 11) is -4.04. The fourth-order valence-corrected chi connectivity index (χ4v) is 3.89. The molecule has 0 atom stereocenters. The first-order valence-electron chi connectivity index (χ1n) is 9.07. The number of sulfonamides is 1. The molecular weight excluding hydrogens is 461 g/mol. The van der Waals surface area contributed by atoms with Gasteiger partial charge in [-0.3, -0.25) is 15.2 Å². The summed E-state index contributed by atoms with van der Waals surface area (Å²) in [5, 5.41) is 28.3. The van der Waals surface area contributed by atoms with Crippen LogP contribution in [0.5, 0.6) is 0 Å². The maximum atomic E-state index is 12.4. The van der Waals surface area contributed by atoms with Crippen molar-refractivity contribution in [3.63, 3.8) is 0 Å². The summed E-state index contributed by atoms with van der Waals surface area (Å²) in [6, 6.07) is 5.20. The molecule has 0 saturated carbocycles. The number of hydrogen-bond donors (Lipinski definition) is 4. The second-order valence-corrected chi connectivity index (χ2v) is 8.25. The maximum absolute atomic E-state index is 12.4. The van der Waals surface area contributed by atoms with Gasteiger partial charge in [-0.15, -0.1) is 0 Å². The summed E-state index contributed by atoms with van der Waals surface area (Å²) in [6.45, 7) is 1.68. The van der Waals surface area contributed by atoms with E-state index in [0.29, 0.717) is 11.6 Å². The fraction of sp³-hybridized carbons (Fsp3) is 0.438. The van der Waals surface area contributed by atoms with Crippen LogP contribution in [-0.2, 0) is 21.4 Å². The number of rotatable bonds is 6. The molecule has 1 aromatic carbocycles.